The van der Waals surface area contributed by atoms with Gasteiger partial charge < -0.3 is 20.2 Å². The van der Waals surface area contributed by atoms with Crippen LogP contribution in [-0.4, -0.2) is 72.7 Å². The van der Waals surface area contributed by atoms with E-state index in [-0.39, 0.29) is 5.91 Å². The molecule has 0 bridgehead atoms. The Morgan fingerprint density at radius 3 is 2.50 bits per heavy atom. The molecule has 0 aliphatic heterocycles. The van der Waals surface area contributed by atoms with Crippen molar-refractivity contribution in [1.82, 2.24) is 15.1 Å². The maximum atomic E-state index is 11.9. The molecule has 106 valence electrons. The molecule has 0 aromatic heterocycles. The highest BCUT2D eigenvalue weighted by Gasteiger charge is 2.31. The third-order valence-electron chi connectivity index (χ3n) is 3.09. The average molecular weight is 257 g/mol. The van der Waals surface area contributed by atoms with Crippen LogP contribution in [0, 0.1) is 0 Å². The Labute approximate surface area is 110 Å². The second kappa shape index (κ2) is 6.50. The van der Waals surface area contributed by atoms with Crippen LogP contribution >= 0.6 is 0 Å². The predicted molar refractivity (Wildman–Crippen MR) is 72.5 cm³/mol. The first-order valence-electron chi connectivity index (χ1n) is 6.73. The molecule has 1 rings (SSSR count). The number of carbonyl (C=O) groups excluding carboxylic acids is 1. The third-order valence-corrected chi connectivity index (χ3v) is 3.09. The van der Waals surface area contributed by atoms with Gasteiger partial charge >= 0.3 is 0 Å². The summed E-state index contributed by atoms with van der Waals surface area (Å²) in [5.74, 6) is 0.139. The SMILES string of the molecule is CCN(C(=O)CNCC(C)(O)CN(C)C)C1CC1. The van der Waals surface area contributed by atoms with E-state index in [0.717, 1.165) is 19.4 Å². The van der Waals surface area contributed by atoms with Gasteiger partial charge in [-0.05, 0) is 40.8 Å². The summed E-state index contributed by atoms with van der Waals surface area (Å²) in [6.45, 7) is 5.89. The number of likely N-dealkylation sites (N-methyl/N-ethyl adjacent to an activating group) is 2. The zero-order valence-electron chi connectivity index (χ0n) is 12.1. The largest absolute Gasteiger partial charge is 0.388 e. The zero-order valence-corrected chi connectivity index (χ0v) is 12.1. The summed E-state index contributed by atoms with van der Waals surface area (Å²) in [7, 11) is 3.84. The molecule has 0 radical (unpaired) electrons. The Kier molecular flexibility index (Phi) is 5.56. The highest BCUT2D eigenvalue weighted by atomic mass is 16.3. The standard InChI is InChI=1S/C13H27N3O2/c1-5-16(11-6-7-11)12(17)8-14-9-13(2,18)10-15(3)4/h11,14,18H,5-10H2,1-4H3. The van der Waals surface area contributed by atoms with Crippen molar-refractivity contribution in [2.75, 3.05) is 40.3 Å². The number of aliphatic hydroxyl groups is 1. The van der Waals surface area contributed by atoms with Gasteiger partial charge in [-0.3, -0.25) is 4.79 Å². The van der Waals surface area contributed by atoms with Crippen molar-refractivity contribution in [2.45, 2.75) is 38.3 Å². The molecule has 2 N–H and O–H groups in total. The highest BCUT2D eigenvalue weighted by Crippen LogP contribution is 2.26. The lowest BCUT2D eigenvalue weighted by atomic mass is 10.1. The lowest BCUT2D eigenvalue weighted by molar-refractivity contribution is -0.130. The minimum Gasteiger partial charge on any atom is -0.388 e. The molecule has 0 aromatic carbocycles. The number of hydrogen-bond donors (Lipinski definition) is 2. The first-order chi connectivity index (χ1) is 8.35. The molecule has 0 spiro atoms. The van der Waals surface area contributed by atoms with Gasteiger partial charge in [0.2, 0.25) is 5.91 Å². The van der Waals surface area contributed by atoms with Crippen LogP contribution in [0.25, 0.3) is 0 Å². The number of hydrogen-bond acceptors (Lipinski definition) is 4. The molecular weight excluding hydrogens is 230 g/mol. The normalized spacial score (nSPS) is 18.8. The second-order valence-corrected chi connectivity index (χ2v) is 5.75. The van der Waals surface area contributed by atoms with Crippen molar-refractivity contribution in [1.29, 1.82) is 0 Å². The van der Waals surface area contributed by atoms with Gasteiger partial charge in [0.05, 0.1) is 12.1 Å². The molecule has 0 aromatic rings. The Morgan fingerprint density at radius 2 is 2.06 bits per heavy atom. The van der Waals surface area contributed by atoms with Crippen LogP contribution in [0.15, 0.2) is 0 Å². The summed E-state index contributed by atoms with van der Waals surface area (Å²) in [5, 5.41) is 13.1. The van der Waals surface area contributed by atoms with Crippen LogP contribution in [-0.2, 0) is 4.79 Å². The summed E-state index contributed by atoms with van der Waals surface area (Å²) < 4.78 is 0. The maximum Gasteiger partial charge on any atom is 0.236 e. The van der Waals surface area contributed by atoms with Gasteiger partial charge in [0.1, 0.15) is 0 Å². The smallest absolute Gasteiger partial charge is 0.236 e. The van der Waals surface area contributed by atoms with E-state index in [1.165, 1.54) is 0 Å². The summed E-state index contributed by atoms with van der Waals surface area (Å²) in [6, 6.07) is 0.464. The number of carbonyl (C=O) groups is 1. The first kappa shape index (κ1) is 15.4. The van der Waals surface area contributed by atoms with Crippen LogP contribution in [0.4, 0.5) is 0 Å². The summed E-state index contributed by atoms with van der Waals surface area (Å²) in [6.07, 6.45) is 2.27. The van der Waals surface area contributed by atoms with Crippen LogP contribution in [0.2, 0.25) is 0 Å². The van der Waals surface area contributed by atoms with Crippen molar-refractivity contribution in [3.8, 4) is 0 Å². The fraction of sp³-hybridized carbons (Fsp3) is 0.923. The molecule has 1 amide bonds. The quantitative estimate of drug-likeness (QED) is 0.637. The van der Waals surface area contributed by atoms with Crippen LogP contribution in [0.1, 0.15) is 26.7 Å². The molecule has 1 unspecified atom stereocenters. The van der Waals surface area contributed by atoms with Crippen molar-refractivity contribution in [2.24, 2.45) is 0 Å². The van der Waals surface area contributed by atoms with E-state index in [9.17, 15) is 9.90 Å². The topological polar surface area (TPSA) is 55.8 Å². The number of amides is 1. The lowest BCUT2D eigenvalue weighted by Crippen LogP contribution is -2.48. The van der Waals surface area contributed by atoms with Gasteiger partial charge in [0.25, 0.3) is 0 Å². The fourth-order valence-electron chi connectivity index (χ4n) is 2.30. The predicted octanol–water partition coefficient (Wildman–Crippen LogP) is -0.100. The van der Waals surface area contributed by atoms with Gasteiger partial charge in [-0.25, -0.2) is 0 Å². The van der Waals surface area contributed by atoms with E-state index in [2.05, 4.69) is 5.32 Å². The minimum atomic E-state index is -0.805. The van der Waals surface area contributed by atoms with Crippen LogP contribution in [0.3, 0.4) is 0 Å². The van der Waals surface area contributed by atoms with E-state index in [4.69, 9.17) is 0 Å². The van der Waals surface area contributed by atoms with Crippen LogP contribution < -0.4 is 5.32 Å². The lowest BCUT2D eigenvalue weighted by Gasteiger charge is -2.28. The molecule has 1 saturated carbocycles. The Morgan fingerprint density at radius 1 is 1.44 bits per heavy atom. The summed E-state index contributed by atoms with van der Waals surface area (Å²) >= 11 is 0. The Bertz CT molecular complexity index is 275. The van der Waals surface area contributed by atoms with E-state index in [1.807, 2.05) is 30.8 Å². The van der Waals surface area contributed by atoms with Crippen LogP contribution in [0.5, 0.6) is 0 Å². The van der Waals surface area contributed by atoms with Gasteiger partial charge in [-0.15, -0.1) is 0 Å². The zero-order chi connectivity index (χ0) is 13.8. The Hall–Kier alpha value is -0.650. The average Bonchev–Trinajstić information content (AvgIpc) is 3.00. The fourth-order valence-corrected chi connectivity index (χ4v) is 2.30. The van der Waals surface area contributed by atoms with Gasteiger partial charge in [0, 0.05) is 25.7 Å². The molecule has 1 atom stereocenters. The highest BCUT2D eigenvalue weighted by molar-refractivity contribution is 5.78. The summed E-state index contributed by atoms with van der Waals surface area (Å²) in [5.41, 5.74) is -0.805. The van der Waals surface area contributed by atoms with Crippen molar-refractivity contribution < 1.29 is 9.90 Å². The first-order valence-corrected chi connectivity index (χ1v) is 6.73. The van der Waals surface area contributed by atoms with E-state index in [0.29, 0.717) is 25.7 Å². The molecule has 0 heterocycles. The van der Waals surface area contributed by atoms with Gasteiger partial charge in [0.15, 0.2) is 0 Å². The second-order valence-electron chi connectivity index (χ2n) is 5.75. The molecule has 1 aliphatic rings. The molecular formula is C13H27N3O2. The monoisotopic (exact) mass is 257 g/mol. The van der Waals surface area contributed by atoms with Crippen molar-refractivity contribution in [3.05, 3.63) is 0 Å². The van der Waals surface area contributed by atoms with Crippen molar-refractivity contribution >= 4 is 5.91 Å². The number of nitrogens with zero attached hydrogens (tertiary/aromatic N) is 2. The van der Waals surface area contributed by atoms with E-state index in [1.54, 1.807) is 6.92 Å². The minimum absolute atomic E-state index is 0.139. The Balaban J connectivity index is 2.25. The van der Waals surface area contributed by atoms with Gasteiger partial charge in [-0.2, -0.15) is 0 Å². The number of rotatable bonds is 8. The molecule has 1 aliphatic carbocycles. The molecule has 5 nitrogen and oxygen atoms in total. The molecule has 1 fully saturated rings. The number of nitrogens with one attached hydrogen (secondary N) is 1. The molecule has 5 heteroatoms. The van der Waals surface area contributed by atoms with E-state index >= 15 is 0 Å². The van der Waals surface area contributed by atoms with Crippen molar-refractivity contribution in [3.63, 3.8) is 0 Å². The van der Waals surface area contributed by atoms with E-state index < -0.39 is 5.60 Å². The summed E-state index contributed by atoms with van der Waals surface area (Å²) in [4.78, 5) is 15.8. The third kappa shape index (κ3) is 5.33. The maximum absolute atomic E-state index is 11.9. The molecule has 0 saturated heterocycles. The molecule has 18 heavy (non-hydrogen) atoms. The van der Waals surface area contributed by atoms with Gasteiger partial charge in [-0.1, -0.05) is 0 Å².